The minimum Gasteiger partial charge on any atom is -0.496 e. The van der Waals surface area contributed by atoms with E-state index in [2.05, 4.69) is 34.5 Å². The number of nitrogens with zero attached hydrogens (tertiary/aromatic N) is 1. The van der Waals surface area contributed by atoms with Crippen LogP contribution in [0.3, 0.4) is 0 Å². The molecule has 0 aliphatic carbocycles. The van der Waals surface area contributed by atoms with E-state index >= 15 is 0 Å². The van der Waals surface area contributed by atoms with Crippen molar-refractivity contribution in [2.24, 2.45) is 0 Å². The van der Waals surface area contributed by atoms with Crippen LogP contribution in [0.2, 0.25) is 5.02 Å². The SMILES string of the molecule is COc1cc(N)c(Cl)cc1C(=O)N[C@H]1CCCN(Cc2ccccc2)C1. The number of nitrogens with two attached hydrogens (primary N) is 1. The normalized spacial score (nSPS) is 17.7. The van der Waals surface area contributed by atoms with Crippen molar-refractivity contribution in [2.75, 3.05) is 25.9 Å². The van der Waals surface area contributed by atoms with Gasteiger partial charge < -0.3 is 15.8 Å². The highest BCUT2D eigenvalue weighted by Crippen LogP contribution is 2.29. The molecule has 1 aliphatic heterocycles. The Balaban J connectivity index is 1.65. The molecule has 1 aliphatic rings. The number of carbonyl (C=O) groups excluding carboxylic acids is 1. The number of halogens is 1. The number of methoxy groups -OCH3 is 1. The van der Waals surface area contributed by atoms with Gasteiger partial charge in [-0.3, -0.25) is 9.69 Å². The summed E-state index contributed by atoms with van der Waals surface area (Å²) in [4.78, 5) is 15.1. The number of carbonyl (C=O) groups is 1. The minimum atomic E-state index is -0.185. The molecule has 0 radical (unpaired) electrons. The Morgan fingerprint density at radius 3 is 2.85 bits per heavy atom. The first kappa shape index (κ1) is 18.5. The molecule has 138 valence electrons. The molecule has 1 saturated heterocycles. The molecule has 1 amide bonds. The van der Waals surface area contributed by atoms with Crippen molar-refractivity contribution in [1.82, 2.24) is 10.2 Å². The molecule has 0 spiro atoms. The number of benzene rings is 2. The second-order valence-electron chi connectivity index (χ2n) is 6.61. The zero-order valence-corrected chi connectivity index (χ0v) is 15.6. The van der Waals surface area contributed by atoms with Gasteiger partial charge in [0.15, 0.2) is 0 Å². The Kier molecular flexibility index (Phi) is 6.01. The number of likely N-dealkylation sites (tertiary alicyclic amines) is 1. The predicted molar refractivity (Wildman–Crippen MR) is 105 cm³/mol. The molecule has 6 heteroatoms. The summed E-state index contributed by atoms with van der Waals surface area (Å²) in [6, 6.07) is 13.6. The van der Waals surface area contributed by atoms with Gasteiger partial charge in [-0.1, -0.05) is 41.9 Å². The molecule has 3 rings (SSSR count). The van der Waals surface area contributed by atoms with Crippen molar-refractivity contribution in [3.05, 3.63) is 58.6 Å². The van der Waals surface area contributed by atoms with Crippen LogP contribution in [-0.4, -0.2) is 37.0 Å². The number of anilines is 1. The molecule has 0 aromatic heterocycles. The van der Waals surface area contributed by atoms with Crippen LogP contribution in [0.25, 0.3) is 0 Å². The second-order valence-corrected chi connectivity index (χ2v) is 7.01. The average Bonchev–Trinajstić information content (AvgIpc) is 2.64. The summed E-state index contributed by atoms with van der Waals surface area (Å²) >= 11 is 6.07. The number of nitrogen functional groups attached to an aromatic ring is 1. The number of nitrogens with one attached hydrogen (secondary N) is 1. The average molecular weight is 374 g/mol. The lowest BCUT2D eigenvalue weighted by Gasteiger charge is -2.33. The highest BCUT2D eigenvalue weighted by molar-refractivity contribution is 6.33. The third kappa shape index (κ3) is 4.48. The quantitative estimate of drug-likeness (QED) is 0.789. The fraction of sp³-hybridized carbons (Fsp3) is 0.350. The summed E-state index contributed by atoms with van der Waals surface area (Å²) < 4.78 is 5.28. The van der Waals surface area contributed by atoms with Crippen LogP contribution in [-0.2, 0) is 6.54 Å². The van der Waals surface area contributed by atoms with Gasteiger partial charge >= 0.3 is 0 Å². The summed E-state index contributed by atoms with van der Waals surface area (Å²) in [5, 5.41) is 3.46. The number of ether oxygens (including phenoxy) is 1. The van der Waals surface area contributed by atoms with Crippen LogP contribution in [0.4, 0.5) is 5.69 Å². The molecular weight excluding hydrogens is 350 g/mol. The van der Waals surface area contributed by atoms with Crippen LogP contribution in [0, 0.1) is 0 Å². The first-order chi connectivity index (χ1) is 12.6. The summed E-state index contributed by atoms with van der Waals surface area (Å²) in [5.74, 6) is 0.247. The van der Waals surface area contributed by atoms with Gasteiger partial charge in [0.2, 0.25) is 0 Å². The van der Waals surface area contributed by atoms with Crippen molar-refractivity contribution < 1.29 is 9.53 Å². The minimum absolute atomic E-state index is 0.0981. The summed E-state index contributed by atoms with van der Waals surface area (Å²) in [5.41, 5.74) is 7.88. The Bertz CT molecular complexity index is 767. The molecule has 26 heavy (non-hydrogen) atoms. The zero-order chi connectivity index (χ0) is 18.5. The van der Waals surface area contributed by atoms with E-state index in [0.717, 1.165) is 32.5 Å². The first-order valence-corrected chi connectivity index (χ1v) is 9.14. The lowest BCUT2D eigenvalue weighted by molar-refractivity contribution is 0.0898. The molecule has 1 fully saturated rings. The summed E-state index contributed by atoms with van der Waals surface area (Å²) in [6.07, 6.45) is 2.01. The highest BCUT2D eigenvalue weighted by Gasteiger charge is 2.23. The van der Waals surface area contributed by atoms with E-state index in [1.54, 1.807) is 12.1 Å². The zero-order valence-electron chi connectivity index (χ0n) is 14.9. The number of amides is 1. The van der Waals surface area contributed by atoms with Crippen LogP contribution in [0.5, 0.6) is 5.75 Å². The van der Waals surface area contributed by atoms with E-state index < -0.39 is 0 Å². The van der Waals surface area contributed by atoms with Crippen molar-refractivity contribution in [3.63, 3.8) is 0 Å². The smallest absolute Gasteiger partial charge is 0.255 e. The Morgan fingerprint density at radius 2 is 2.12 bits per heavy atom. The summed E-state index contributed by atoms with van der Waals surface area (Å²) in [6.45, 7) is 2.76. The van der Waals surface area contributed by atoms with Gasteiger partial charge in [0.05, 0.1) is 23.4 Å². The van der Waals surface area contributed by atoms with Gasteiger partial charge in [-0.15, -0.1) is 0 Å². The highest BCUT2D eigenvalue weighted by atomic mass is 35.5. The molecule has 0 bridgehead atoms. The molecule has 1 atom stereocenters. The standard InChI is InChI=1S/C20H24ClN3O2/c1-26-19-11-18(22)17(21)10-16(19)20(25)23-15-8-5-9-24(13-15)12-14-6-3-2-4-7-14/h2-4,6-7,10-11,15H,5,8-9,12-13,22H2,1H3,(H,23,25)/t15-/m0/s1. The van der Waals surface area contributed by atoms with Crippen molar-refractivity contribution in [1.29, 1.82) is 0 Å². The van der Waals surface area contributed by atoms with Crippen LogP contribution < -0.4 is 15.8 Å². The van der Waals surface area contributed by atoms with E-state index in [-0.39, 0.29) is 11.9 Å². The summed E-state index contributed by atoms with van der Waals surface area (Å²) in [7, 11) is 1.52. The number of rotatable bonds is 5. The van der Waals surface area contributed by atoms with E-state index in [1.165, 1.54) is 12.7 Å². The largest absolute Gasteiger partial charge is 0.496 e. The monoisotopic (exact) mass is 373 g/mol. The van der Waals surface area contributed by atoms with Gasteiger partial charge in [0.25, 0.3) is 5.91 Å². The molecule has 0 saturated carbocycles. The molecule has 3 N–H and O–H groups in total. The number of hydrogen-bond acceptors (Lipinski definition) is 4. The fourth-order valence-corrected chi connectivity index (χ4v) is 3.50. The molecular formula is C20H24ClN3O2. The lowest BCUT2D eigenvalue weighted by atomic mass is 10.0. The molecule has 5 nitrogen and oxygen atoms in total. The van der Waals surface area contributed by atoms with Crippen molar-refractivity contribution in [2.45, 2.75) is 25.4 Å². The Morgan fingerprint density at radius 1 is 1.35 bits per heavy atom. The third-order valence-electron chi connectivity index (χ3n) is 4.65. The third-order valence-corrected chi connectivity index (χ3v) is 4.98. The molecule has 2 aromatic carbocycles. The van der Waals surface area contributed by atoms with Crippen molar-refractivity contribution >= 4 is 23.2 Å². The maximum absolute atomic E-state index is 12.7. The topological polar surface area (TPSA) is 67.6 Å². The Hall–Kier alpha value is -2.24. The first-order valence-electron chi connectivity index (χ1n) is 8.77. The van der Waals surface area contributed by atoms with E-state index in [4.69, 9.17) is 22.1 Å². The van der Waals surface area contributed by atoms with E-state index in [9.17, 15) is 4.79 Å². The second kappa shape index (κ2) is 8.43. The van der Waals surface area contributed by atoms with Crippen molar-refractivity contribution in [3.8, 4) is 5.75 Å². The molecule has 2 aromatic rings. The fourth-order valence-electron chi connectivity index (χ4n) is 3.34. The van der Waals surface area contributed by atoms with Crippen LogP contribution >= 0.6 is 11.6 Å². The van der Waals surface area contributed by atoms with Gasteiger partial charge in [-0.25, -0.2) is 0 Å². The van der Waals surface area contributed by atoms with Gasteiger partial charge in [0, 0.05) is 25.2 Å². The predicted octanol–water partition coefficient (Wildman–Crippen LogP) is 3.33. The maximum atomic E-state index is 12.7. The lowest BCUT2D eigenvalue weighted by Crippen LogP contribution is -2.47. The van der Waals surface area contributed by atoms with Gasteiger partial charge in [-0.2, -0.15) is 0 Å². The Labute approximate surface area is 159 Å². The van der Waals surface area contributed by atoms with Gasteiger partial charge in [0.1, 0.15) is 5.75 Å². The van der Waals surface area contributed by atoms with E-state index in [1.807, 2.05) is 6.07 Å². The molecule has 0 unspecified atom stereocenters. The van der Waals surface area contributed by atoms with Gasteiger partial charge in [-0.05, 0) is 31.0 Å². The van der Waals surface area contributed by atoms with Crippen LogP contribution in [0.15, 0.2) is 42.5 Å². The number of piperidine rings is 1. The maximum Gasteiger partial charge on any atom is 0.255 e. The van der Waals surface area contributed by atoms with Crippen LogP contribution in [0.1, 0.15) is 28.8 Å². The molecule has 1 heterocycles. The number of hydrogen-bond donors (Lipinski definition) is 2. The van der Waals surface area contributed by atoms with E-state index in [0.29, 0.717) is 22.0 Å².